The van der Waals surface area contributed by atoms with E-state index in [1.54, 1.807) is 12.1 Å². The first kappa shape index (κ1) is 22.6. The molecule has 7 nitrogen and oxygen atoms in total. The van der Waals surface area contributed by atoms with Crippen LogP contribution in [0.25, 0.3) is 10.9 Å². The van der Waals surface area contributed by atoms with Gasteiger partial charge in [0.05, 0.1) is 17.2 Å². The Bertz CT molecular complexity index is 1150. The lowest BCUT2D eigenvalue weighted by Crippen LogP contribution is -2.45. The van der Waals surface area contributed by atoms with Crippen LogP contribution in [0.15, 0.2) is 58.1 Å². The minimum Gasteiger partial charge on any atom is -0.350 e. The average molecular weight is 498 g/mol. The number of rotatable bonds is 7. The molecule has 3 aromatic rings. The Kier molecular flexibility index (Phi) is 7.34. The van der Waals surface area contributed by atoms with Crippen LogP contribution in [-0.4, -0.2) is 58.0 Å². The zero-order valence-corrected chi connectivity index (χ0v) is 19.8. The molecule has 32 heavy (non-hydrogen) atoms. The van der Waals surface area contributed by atoms with Crippen LogP contribution in [0.2, 0.25) is 0 Å². The molecule has 2 aromatic carbocycles. The minimum atomic E-state index is -0.224. The number of nitrogens with one attached hydrogen (secondary N) is 1. The van der Waals surface area contributed by atoms with Gasteiger partial charge in [0.1, 0.15) is 6.54 Å². The standard InChI is InChI=1S/C24H28BrN5O2/c1-2-28-9-11-29(12-10-28)15-19-6-4-3-5-18(19)14-26-23(31)16-30-17-27-22-8-7-20(25)13-21(22)24(30)32/h3-8,13,17H,2,9-12,14-16H2,1H3,(H,26,31). The number of aromatic nitrogens is 2. The van der Waals surface area contributed by atoms with Crippen LogP contribution in [0.4, 0.5) is 0 Å². The number of nitrogens with zero attached hydrogens (tertiary/aromatic N) is 4. The first-order valence-corrected chi connectivity index (χ1v) is 11.8. The lowest BCUT2D eigenvalue weighted by atomic mass is 10.1. The van der Waals surface area contributed by atoms with Gasteiger partial charge in [-0.25, -0.2) is 4.98 Å². The van der Waals surface area contributed by atoms with Crippen molar-refractivity contribution in [3.8, 4) is 0 Å². The largest absolute Gasteiger partial charge is 0.350 e. The van der Waals surface area contributed by atoms with Crippen molar-refractivity contribution >= 4 is 32.7 Å². The van der Waals surface area contributed by atoms with Gasteiger partial charge < -0.3 is 10.2 Å². The van der Waals surface area contributed by atoms with Gasteiger partial charge in [-0.1, -0.05) is 47.1 Å². The van der Waals surface area contributed by atoms with Gasteiger partial charge in [0.15, 0.2) is 0 Å². The van der Waals surface area contributed by atoms with Crippen LogP contribution in [0.3, 0.4) is 0 Å². The molecule has 0 spiro atoms. The number of halogens is 1. The summed E-state index contributed by atoms with van der Waals surface area (Å²) >= 11 is 3.38. The third-order valence-corrected chi connectivity index (χ3v) is 6.49. The normalized spacial score (nSPS) is 15.2. The molecule has 8 heteroatoms. The van der Waals surface area contributed by atoms with Crippen molar-refractivity contribution < 1.29 is 4.79 Å². The molecule has 0 bridgehead atoms. The molecular formula is C24H28BrN5O2. The first-order chi connectivity index (χ1) is 15.5. The monoisotopic (exact) mass is 497 g/mol. The number of carbonyl (C=O) groups is 1. The number of amides is 1. The van der Waals surface area contributed by atoms with E-state index in [0.717, 1.165) is 49.3 Å². The van der Waals surface area contributed by atoms with Crippen LogP contribution >= 0.6 is 15.9 Å². The van der Waals surface area contributed by atoms with Gasteiger partial charge in [0, 0.05) is 43.7 Å². The van der Waals surface area contributed by atoms with Crippen molar-refractivity contribution in [1.29, 1.82) is 0 Å². The molecule has 0 atom stereocenters. The second-order valence-corrected chi connectivity index (χ2v) is 9.01. The number of carbonyl (C=O) groups excluding carboxylic acids is 1. The molecule has 1 amide bonds. The molecule has 1 aliphatic rings. The number of piperazine rings is 1. The molecule has 168 valence electrons. The van der Waals surface area contributed by atoms with Gasteiger partial charge in [0.25, 0.3) is 5.56 Å². The van der Waals surface area contributed by atoms with E-state index in [1.165, 1.54) is 16.5 Å². The predicted octanol–water partition coefficient (Wildman–Crippen LogP) is 2.61. The van der Waals surface area contributed by atoms with E-state index in [4.69, 9.17) is 0 Å². The molecular weight excluding hydrogens is 470 g/mol. The fourth-order valence-electron chi connectivity index (χ4n) is 4.04. The summed E-state index contributed by atoms with van der Waals surface area (Å²) in [6, 6.07) is 13.6. The van der Waals surface area contributed by atoms with Crippen LogP contribution in [0.1, 0.15) is 18.1 Å². The van der Waals surface area contributed by atoms with Crippen molar-refractivity contribution in [2.45, 2.75) is 26.6 Å². The topological polar surface area (TPSA) is 70.5 Å². The quantitative estimate of drug-likeness (QED) is 0.543. The van der Waals surface area contributed by atoms with E-state index in [1.807, 2.05) is 18.2 Å². The summed E-state index contributed by atoms with van der Waals surface area (Å²) in [4.78, 5) is 34.5. The van der Waals surface area contributed by atoms with Crippen LogP contribution in [-0.2, 0) is 24.4 Å². The molecule has 0 unspecified atom stereocenters. The average Bonchev–Trinajstić information content (AvgIpc) is 2.81. The van der Waals surface area contributed by atoms with Crippen LogP contribution in [0.5, 0.6) is 0 Å². The highest BCUT2D eigenvalue weighted by atomic mass is 79.9. The molecule has 1 fully saturated rings. The van der Waals surface area contributed by atoms with Crippen molar-refractivity contribution in [1.82, 2.24) is 24.7 Å². The summed E-state index contributed by atoms with van der Waals surface area (Å²) in [5.41, 5.74) is 2.72. The van der Waals surface area contributed by atoms with Gasteiger partial charge >= 0.3 is 0 Å². The summed E-state index contributed by atoms with van der Waals surface area (Å²) in [6.07, 6.45) is 1.43. The third kappa shape index (κ3) is 5.43. The van der Waals surface area contributed by atoms with Crippen LogP contribution in [0, 0.1) is 0 Å². The number of likely N-dealkylation sites (N-methyl/N-ethyl adjacent to an activating group) is 1. The second-order valence-electron chi connectivity index (χ2n) is 8.09. The van der Waals surface area contributed by atoms with Crippen molar-refractivity contribution in [2.24, 2.45) is 0 Å². The summed E-state index contributed by atoms with van der Waals surface area (Å²) in [5.74, 6) is -0.213. The van der Waals surface area contributed by atoms with E-state index in [2.05, 4.69) is 55.1 Å². The summed E-state index contributed by atoms with van der Waals surface area (Å²) in [6.45, 7) is 8.87. The highest BCUT2D eigenvalue weighted by Gasteiger charge is 2.17. The lowest BCUT2D eigenvalue weighted by Gasteiger charge is -2.34. The molecule has 2 heterocycles. The number of hydrogen-bond acceptors (Lipinski definition) is 5. The minimum absolute atomic E-state index is 0.0601. The van der Waals surface area contributed by atoms with E-state index >= 15 is 0 Å². The molecule has 0 aliphatic carbocycles. The van der Waals surface area contributed by atoms with Gasteiger partial charge in [0.2, 0.25) is 5.91 Å². The summed E-state index contributed by atoms with van der Waals surface area (Å²) < 4.78 is 2.15. The molecule has 0 radical (unpaired) electrons. The number of benzene rings is 2. The molecule has 1 aromatic heterocycles. The van der Waals surface area contributed by atoms with E-state index in [0.29, 0.717) is 17.4 Å². The Morgan fingerprint density at radius 2 is 1.78 bits per heavy atom. The molecule has 1 N–H and O–H groups in total. The SMILES string of the molecule is CCN1CCN(Cc2ccccc2CNC(=O)Cn2cnc3ccc(Br)cc3c2=O)CC1. The molecule has 0 saturated carbocycles. The molecule has 1 saturated heterocycles. The van der Waals surface area contributed by atoms with Gasteiger partial charge in [-0.15, -0.1) is 0 Å². The summed E-state index contributed by atoms with van der Waals surface area (Å²) in [5, 5.41) is 3.45. The van der Waals surface area contributed by atoms with E-state index in [-0.39, 0.29) is 18.0 Å². The van der Waals surface area contributed by atoms with E-state index < -0.39 is 0 Å². The van der Waals surface area contributed by atoms with Crippen LogP contribution < -0.4 is 10.9 Å². The van der Waals surface area contributed by atoms with Crippen molar-refractivity contribution in [3.63, 3.8) is 0 Å². The Morgan fingerprint density at radius 1 is 1.06 bits per heavy atom. The van der Waals surface area contributed by atoms with Gasteiger partial charge in [-0.3, -0.25) is 19.1 Å². The van der Waals surface area contributed by atoms with Gasteiger partial charge in [-0.2, -0.15) is 0 Å². The smallest absolute Gasteiger partial charge is 0.261 e. The number of fused-ring (bicyclic) bond motifs is 1. The molecule has 1 aliphatic heterocycles. The van der Waals surface area contributed by atoms with Gasteiger partial charge in [-0.05, 0) is 35.9 Å². The van der Waals surface area contributed by atoms with Crippen molar-refractivity contribution in [2.75, 3.05) is 32.7 Å². The Hall–Kier alpha value is -2.55. The summed E-state index contributed by atoms with van der Waals surface area (Å²) in [7, 11) is 0. The zero-order valence-electron chi connectivity index (χ0n) is 18.3. The van der Waals surface area contributed by atoms with E-state index in [9.17, 15) is 9.59 Å². The first-order valence-electron chi connectivity index (χ1n) is 11.0. The predicted molar refractivity (Wildman–Crippen MR) is 129 cm³/mol. The highest BCUT2D eigenvalue weighted by molar-refractivity contribution is 9.10. The number of hydrogen-bond donors (Lipinski definition) is 1. The second kappa shape index (κ2) is 10.4. The molecule has 4 rings (SSSR count). The maximum atomic E-state index is 12.7. The maximum Gasteiger partial charge on any atom is 0.261 e. The third-order valence-electron chi connectivity index (χ3n) is 6.00. The Morgan fingerprint density at radius 3 is 2.53 bits per heavy atom. The Labute approximate surface area is 196 Å². The fourth-order valence-corrected chi connectivity index (χ4v) is 4.40. The fraction of sp³-hybridized carbons (Fsp3) is 0.375. The zero-order chi connectivity index (χ0) is 22.5. The highest BCUT2D eigenvalue weighted by Crippen LogP contribution is 2.15. The lowest BCUT2D eigenvalue weighted by molar-refractivity contribution is -0.121. The Balaban J connectivity index is 1.38. The maximum absolute atomic E-state index is 12.7. The van der Waals surface area contributed by atoms with Crippen molar-refractivity contribution in [3.05, 3.63) is 74.7 Å².